The predicted octanol–water partition coefficient (Wildman–Crippen LogP) is 2.69. The second-order valence-electron chi connectivity index (χ2n) is 5.72. The van der Waals surface area contributed by atoms with Crippen LogP contribution >= 0.6 is 0 Å². The maximum Gasteiger partial charge on any atom is 0.410 e. The number of piperidine rings is 1. The van der Waals surface area contributed by atoms with Crippen LogP contribution in [0, 0.1) is 0 Å². The number of hydrogen-bond acceptors (Lipinski definition) is 3. The minimum absolute atomic E-state index is 0.225. The number of likely N-dealkylation sites (tertiary alicyclic amines) is 1. The highest BCUT2D eigenvalue weighted by atomic mass is 16.6. The minimum atomic E-state index is -0.632. The molecule has 0 aromatic rings. The number of amides is 1. The molecule has 0 aromatic heterocycles. The molecule has 4 heteroatoms. The van der Waals surface area contributed by atoms with Crippen molar-refractivity contribution in [1.29, 1.82) is 0 Å². The molecule has 1 heterocycles. The van der Waals surface area contributed by atoms with Crippen LogP contribution in [0.25, 0.3) is 0 Å². The molecule has 1 atom stereocenters. The quantitative estimate of drug-likeness (QED) is 0.825. The third kappa shape index (κ3) is 2.97. The van der Waals surface area contributed by atoms with E-state index in [1.54, 1.807) is 11.8 Å². The lowest BCUT2D eigenvalue weighted by Gasteiger charge is -2.40. The van der Waals surface area contributed by atoms with Crippen molar-refractivity contribution in [2.75, 3.05) is 13.1 Å². The van der Waals surface area contributed by atoms with Crippen LogP contribution < -0.4 is 0 Å². The lowest BCUT2D eigenvalue weighted by Crippen LogP contribution is -2.50. The van der Waals surface area contributed by atoms with E-state index in [1.807, 2.05) is 0 Å². The van der Waals surface area contributed by atoms with Gasteiger partial charge in [0, 0.05) is 13.1 Å². The second-order valence-corrected chi connectivity index (χ2v) is 5.72. The van der Waals surface area contributed by atoms with Gasteiger partial charge in [0.05, 0.1) is 6.10 Å². The smallest absolute Gasteiger partial charge is 0.410 e. The summed E-state index contributed by atoms with van der Waals surface area (Å²) >= 11 is 0. The van der Waals surface area contributed by atoms with Gasteiger partial charge in [-0.1, -0.05) is 6.42 Å². The van der Waals surface area contributed by atoms with Gasteiger partial charge in [0.2, 0.25) is 0 Å². The van der Waals surface area contributed by atoms with E-state index in [1.165, 1.54) is 12.8 Å². The van der Waals surface area contributed by atoms with Gasteiger partial charge in [-0.3, -0.25) is 0 Å². The number of hydrogen-bond donors (Lipinski definition) is 1. The number of aliphatic hydroxyl groups excluding tert-OH is 1. The summed E-state index contributed by atoms with van der Waals surface area (Å²) < 4.78 is 5.72. The molecule has 1 N–H and O–H groups in total. The van der Waals surface area contributed by atoms with E-state index in [4.69, 9.17) is 4.74 Å². The Kier molecular flexibility index (Phi) is 4.49. The molecule has 0 bridgehead atoms. The number of carbonyl (C=O) groups is 1. The van der Waals surface area contributed by atoms with Crippen molar-refractivity contribution in [3.63, 3.8) is 0 Å². The van der Waals surface area contributed by atoms with Crippen LogP contribution in [0.1, 0.15) is 58.3 Å². The first-order valence-corrected chi connectivity index (χ1v) is 7.30. The Morgan fingerprint density at radius 3 is 2.22 bits per heavy atom. The third-order valence-electron chi connectivity index (χ3n) is 4.37. The zero-order chi connectivity index (χ0) is 13.0. The summed E-state index contributed by atoms with van der Waals surface area (Å²) in [7, 11) is 0. The molecule has 2 aliphatic rings. The Morgan fingerprint density at radius 2 is 1.67 bits per heavy atom. The number of aliphatic hydroxyl groups is 1. The van der Waals surface area contributed by atoms with Gasteiger partial charge in [-0.15, -0.1) is 0 Å². The Bertz CT molecular complexity index is 279. The van der Waals surface area contributed by atoms with Gasteiger partial charge in [0.1, 0.15) is 5.60 Å². The van der Waals surface area contributed by atoms with Crippen molar-refractivity contribution in [2.45, 2.75) is 70.0 Å². The monoisotopic (exact) mass is 255 g/mol. The van der Waals surface area contributed by atoms with Gasteiger partial charge in [0.15, 0.2) is 0 Å². The first-order valence-electron chi connectivity index (χ1n) is 7.30. The highest BCUT2D eigenvalue weighted by Crippen LogP contribution is 2.35. The van der Waals surface area contributed by atoms with Crippen molar-refractivity contribution < 1.29 is 14.6 Å². The van der Waals surface area contributed by atoms with Crippen LogP contribution in [0.5, 0.6) is 0 Å². The summed E-state index contributed by atoms with van der Waals surface area (Å²) in [5, 5.41) is 9.98. The molecule has 0 spiro atoms. The Morgan fingerprint density at radius 1 is 1.11 bits per heavy atom. The average Bonchev–Trinajstić information content (AvgIpc) is 2.40. The van der Waals surface area contributed by atoms with Crippen LogP contribution in [0.15, 0.2) is 0 Å². The molecule has 1 saturated heterocycles. The summed E-state index contributed by atoms with van der Waals surface area (Å²) in [4.78, 5) is 14.0. The molecule has 0 radical (unpaired) electrons. The Labute approximate surface area is 109 Å². The van der Waals surface area contributed by atoms with E-state index in [9.17, 15) is 9.90 Å². The van der Waals surface area contributed by atoms with E-state index in [2.05, 4.69) is 0 Å². The highest BCUT2D eigenvalue weighted by Gasteiger charge is 2.41. The van der Waals surface area contributed by atoms with E-state index < -0.39 is 11.7 Å². The van der Waals surface area contributed by atoms with E-state index in [-0.39, 0.29) is 6.09 Å². The predicted molar refractivity (Wildman–Crippen MR) is 69.4 cm³/mol. The molecule has 4 nitrogen and oxygen atoms in total. The second kappa shape index (κ2) is 5.91. The van der Waals surface area contributed by atoms with Crippen molar-refractivity contribution in [3.8, 4) is 0 Å². The lowest BCUT2D eigenvalue weighted by molar-refractivity contribution is -0.104. The van der Waals surface area contributed by atoms with Crippen molar-refractivity contribution >= 4 is 6.09 Å². The van der Waals surface area contributed by atoms with E-state index in [0.29, 0.717) is 0 Å². The topological polar surface area (TPSA) is 49.8 Å². The van der Waals surface area contributed by atoms with Gasteiger partial charge in [0.25, 0.3) is 0 Å². The molecular formula is C14H25NO3. The van der Waals surface area contributed by atoms with Gasteiger partial charge in [-0.05, 0) is 51.9 Å². The molecule has 0 aromatic carbocycles. The van der Waals surface area contributed by atoms with Gasteiger partial charge in [-0.25, -0.2) is 4.79 Å². The summed E-state index contributed by atoms with van der Waals surface area (Å²) in [5.41, 5.74) is -0.632. The number of nitrogens with zero attached hydrogens (tertiary/aromatic N) is 1. The zero-order valence-corrected chi connectivity index (χ0v) is 11.4. The Hall–Kier alpha value is -0.770. The molecule has 2 rings (SSSR count). The SMILES string of the molecule is CC(O)C1(OC(=O)N2CCCCC2)CCCCC1. The number of carbonyl (C=O) groups excluding carboxylic acids is 1. The first kappa shape index (κ1) is 13.7. The fraction of sp³-hybridized carbons (Fsp3) is 0.929. The minimum Gasteiger partial charge on any atom is -0.440 e. The maximum atomic E-state index is 12.2. The molecular weight excluding hydrogens is 230 g/mol. The van der Waals surface area contributed by atoms with E-state index in [0.717, 1.165) is 51.6 Å². The van der Waals surface area contributed by atoms with Gasteiger partial charge < -0.3 is 14.7 Å². The molecule has 1 aliphatic heterocycles. The lowest BCUT2D eigenvalue weighted by atomic mass is 9.81. The summed E-state index contributed by atoms with van der Waals surface area (Å²) in [5.74, 6) is 0. The molecule has 1 unspecified atom stereocenters. The summed E-state index contributed by atoms with van der Waals surface area (Å²) in [6.07, 6.45) is 7.38. The van der Waals surface area contributed by atoms with Crippen molar-refractivity contribution in [2.24, 2.45) is 0 Å². The average molecular weight is 255 g/mol. The fourth-order valence-electron chi connectivity index (χ4n) is 3.07. The largest absolute Gasteiger partial charge is 0.440 e. The van der Waals surface area contributed by atoms with Gasteiger partial charge >= 0.3 is 6.09 Å². The third-order valence-corrected chi connectivity index (χ3v) is 4.37. The van der Waals surface area contributed by atoms with Crippen LogP contribution in [0.2, 0.25) is 0 Å². The van der Waals surface area contributed by atoms with Crippen LogP contribution in [-0.2, 0) is 4.74 Å². The van der Waals surface area contributed by atoms with Crippen molar-refractivity contribution in [1.82, 2.24) is 4.90 Å². The zero-order valence-electron chi connectivity index (χ0n) is 11.4. The Balaban J connectivity index is 1.97. The van der Waals surface area contributed by atoms with Crippen LogP contribution in [-0.4, -0.2) is 40.9 Å². The standard InChI is InChI=1S/C14H25NO3/c1-12(16)14(8-4-2-5-9-14)18-13(17)15-10-6-3-7-11-15/h12,16H,2-11H2,1H3. The molecule has 1 saturated carbocycles. The number of ether oxygens (including phenoxy) is 1. The number of rotatable bonds is 2. The maximum absolute atomic E-state index is 12.2. The molecule has 1 amide bonds. The normalized spacial score (nSPS) is 25.6. The fourth-order valence-corrected chi connectivity index (χ4v) is 3.07. The molecule has 1 aliphatic carbocycles. The molecule has 104 valence electrons. The summed E-state index contributed by atoms with van der Waals surface area (Å²) in [6.45, 7) is 3.35. The van der Waals surface area contributed by atoms with Crippen LogP contribution in [0.3, 0.4) is 0 Å². The highest BCUT2D eigenvalue weighted by molar-refractivity contribution is 5.68. The molecule has 18 heavy (non-hydrogen) atoms. The first-order chi connectivity index (χ1) is 8.64. The van der Waals surface area contributed by atoms with E-state index >= 15 is 0 Å². The van der Waals surface area contributed by atoms with Crippen molar-refractivity contribution in [3.05, 3.63) is 0 Å². The van der Waals surface area contributed by atoms with Crippen LogP contribution in [0.4, 0.5) is 4.79 Å². The summed E-state index contributed by atoms with van der Waals surface area (Å²) in [6, 6.07) is 0. The molecule has 2 fully saturated rings. The van der Waals surface area contributed by atoms with Gasteiger partial charge in [-0.2, -0.15) is 0 Å².